The highest BCUT2D eigenvalue weighted by atomic mass is 16.6. The largest absolute Gasteiger partial charge is 0.456 e. The maximum Gasteiger partial charge on any atom is 0.345 e. The lowest BCUT2D eigenvalue weighted by molar-refractivity contribution is -0.385. The second-order valence-corrected chi connectivity index (χ2v) is 6.89. The lowest BCUT2D eigenvalue weighted by atomic mass is 9.97. The lowest BCUT2D eigenvalue weighted by Gasteiger charge is -2.31. The van der Waals surface area contributed by atoms with Crippen LogP contribution in [0.5, 0.6) is 0 Å². The van der Waals surface area contributed by atoms with Crippen molar-refractivity contribution in [1.82, 2.24) is 0 Å². The van der Waals surface area contributed by atoms with Crippen molar-refractivity contribution < 1.29 is 14.5 Å². The molecule has 0 N–H and O–H groups in total. The summed E-state index contributed by atoms with van der Waals surface area (Å²) in [6, 6.07) is 4.63. The summed E-state index contributed by atoms with van der Waals surface area (Å²) in [5.41, 5.74) is -0.247. The molecular weight excluding hydrogens is 308 g/mol. The van der Waals surface area contributed by atoms with Crippen LogP contribution in [-0.4, -0.2) is 29.6 Å². The van der Waals surface area contributed by atoms with Gasteiger partial charge in [-0.3, -0.25) is 10.1 Å². The van der Waals surface area contributed by atoms with E-state index in [1.54, 1.807) is 26.8 Å². The molecule has 1 heterocycles. The number of piperidine rings is 1. The number of ether oxygens (including phenoxy) is 1. The van der Waals surface area contributed by atoms with Gasteiger partial charge in [0.15, 0.2) is 0 Å². The third-order valence-electron chi connectivity index (χ3n) is 3.89. The van der Waals surface area contributed by atoms with Crippen molar-refractivity contribution in [3.8, 4) is 12.3 Å². The van der Waals surface area contributed by atoms with Crippen LogP contribution in [0.3, 0.4) is 0 Å². The van der Waals surface area contributed by atoms with Gasteiger partial charge in [0.05, 0.1) is 4.92 Å². The highest BCUT2D eigenvalue weighted by Gasteiger charge is 2.27. The van der Waals surface area contributed by atoms with Crippen molar-refractivity contribution in [2.24, 2.45) is 5.92 Å². The molecule has 1 aromatic carbocycles. The minimum absolute atomic E-state index is 0.0304. The Bertz CT molecular complexity index is 677. The minimum atomic E-state index is -0.708. The van der Waals surface area contributed by atoms with E-state index in [1.807, 2.05) is 0 Å². The fraction of sp³-hybridized carbons (Fsp3) is 0.500. The Morgan fingerprint density at radius 3 is 2.50 bits per heavy atom. The van der Waals surface area contributed by atoms with E-state index in [-0.39, 0.29) is 17.2 Å². The normalized spacial score (nSPS) is 15.7. The van der Waals surface area contributed by atoms with Crippen molar-refractivity contribution >= 4 is 17.3 Å². The zero-order chi connectivity index (χ0) is 17.9. The van der Waals surface area contributed by atoms with Crippen LogP contribution in [0.25, 0.3) is 0 Å². The van der Waals surface area contributed by atoms with Gasteiger partial charge in [-0.05, 0) is 45.7 Å². The van der Waals surface area contributed by atoms with Crippen LogP contribution < -0.4 is 4.90 Å². The van der Waals surface area contributed by atoms with Gasteiger partial charge in [-0.15, -0.1) is 12.3 Å². The number of benzene rings is 1. The standard InChI is InChI=1S/C18H22N2O4/c1-5-13-8-10-19(11-9-13)14-6-7-15(16(12-14)20(22)23)17(21)24-18(2,3)4/h1,6-7,12-13H,8-11H2,2-4H3. The van der Waals surface area contributed by atoms with Crippen LogP contribution >= 0.6 is 0 Å². The molecule has 0 unspecified atom stereocenters. The molecule has 0 saturated carbocycles. The van der Waals surface area contributed by atoms with Crippen LogP contribution in [0.4, 0.5) is 11.4 Å². The average Bonchev–Trinajstić information content (AvgIpc) is 2.52. The monoisotopic (exact) mass is 330 g/mol. The molecule has 1 fully saturated rings. The molecular formula is C18H22N2O4. The number of nitro benzene ring substituents is 1. The summed E-state index contributed by atoms with van der Waals surface area (Å²) in [5, 5.41) is 11.4. The quantitative estimate of drug-likeness (QED) is 0.367. The second-order valence-electron chi connectivity index (χ2n) is 6.89. The molecule has 1 aromatic rings. The van der Waals surface area contributed by atoms with E-state index in [2.05, 4.69) is 10.8 Å². The highest BCUT2D eigenvalue weighted by molar-refractivity contribution is 5.95. The van der Waals surface area contributed by atoms with E-state index in [0.29, 0.717) is 0 Å². The van der Waals surface area contributed by atoms with Gasteiger partial charge >= 0.3 is 5.97 Å². The molecule has 0 bridgehead atoms. The number of nitrogens with zero attached hydrogens (tertiary/aromatic N) is 2. The number of anilines is 1. The van der Waals surface area contributed by atoms with Gasteiger partial charge in [-0.25, -0.2) is 4.79 Å². The predicted octanol–water partition coefficient (Wildman–Crippen LogP) is 3.40. The van der Waals surface area contributed by atoms with Crippen LogP contribution in [0.2, 0.25) is 0 Å². The lowest BCUT2D eigenvalue weighted by Crippen LogP contribution is -2.33. The first kappa shape index (κ1) is 17.8. The van der Waals surface area contributed by atoms with Crippen molar-refractivity contribution in [3.63, 3.8) is 0 Å². The zero-order valence-electron chi connectivity index (χ0n) is 14.2. The van der Waals surface area contributed by atoms with Crippen molar-refractivity contribution in [2.75, 3.05) is 18.0 Å². The Morgan fingerprint density at radius 2 is 2.00 bits per heavy atom. The second kappa shape index (κ2) is 6.91. The molecule has 6 nitrogen and oxygen atoms in total. The molecule has 0 radical (unpaired) electrons. The fourth-order valence-corrected chi connectivity index (χ4v) is 2.68. The molecule has 0 spiro atoms. The van der Waals surface area contributed by atoms with Gasteiger partial charge in [0.1, 0.15) is 11.2 Å². The average molecular weight is 330 g/mol. The Morgan fingerprint density at radius 1 is 1.38 bits per heavy atom. The molecule has 1 saturated heterocycles. The summed E-state index contributed by atoms with van der Waals surface area (Å²) in [6.07, 6.45) is 7.16. The molecule has 128 valence electrons. The summed E-state index contributed by atoms with van der Waals surface area (Å²) in [7, 11) is 0. The Labute approximate surface area is 141 Å². The van der Waals surface area contributed by atoms with Gasteiger partial charge in [-0.1, -0.05) is 0 Å². The van der Waals surface area contributed by atoms with Crippen molar-refractivity contribution in [1.29, 1.82) is 0 Å². The summed E-state index contributed by atoms with van der Waals surface area (Å²) < 4.78 is 5.25. The first-order valence-corrected chi connectivity index (χ1v) is 7.94. The maximum atomic E-state index is 12.2. The summed E-state index contributed by atoms with van der Waals surface area (Å²) in [5.74, 6) is 2.33. The number of hydrogen-bond donors (Lipinski definition) is 0. The number of hydrogen-bond acceptors (Lipinski definition) is 5. The van der Waals surface area contributed by atoms with E-state index >= 15 is 0 Å². The van der Waals surface area contributed by atoms with Crippen LogP contribution in [0.1, 0.15) is 44.0 Å². The topological polar surface area (TPSA) is 72.7 Å². The Hall–Kier alpha value is -2.55. The predicted molar refractivity (Wildman–Crippen MR) is 92.0 cm³/mol. The molecule has 6 heteroatoms. The van der Waals surface area contributed by atoms with E-state index in [0.717, 1.165) is 31.6 Å². The number of rotatable bonds is 3. The van der Waals surface area contributed by atoms with Crippen molar-refractivity contribution in [2.45, 2.75) is 39.2 Å². The third-order valence-corrected chi connectivity index (χ3v) is 3.89. The number of carbonyl (C=O) groups is 1. The first-order chi connectivity index (χ1) is 11.2. The molecule has 24 heavy (non-hydrogen) atoms. The van der Waals surface area contributed by atoms with E-state index < -0.39 is 16.5 Å². The number of carbonyl (C=O) groups excluding carboxylic acids is 1. The van der Waals surface area contributed by atoms with Crippen molar-refractivity contribution in [3.05, 3.63) is 33.9 Å². The zero-order valence-corrected chi connectivity index (χ0v) is 14.2. The Kier molecular flexibility index (Phi) is 5.13. The maximum absolute atomic E-state index is 12.2. The van der Waals surface area contributed by atoms with Gasteiger partial charge in [0.25, 0.3) is 5.69 Å². The van der Waals surface area contributed by atoms with E-state index in [1.165, 1.54) is 12.1 Å². The number of esters is 1. The first-order valence-electron chi connectivity index (χ1n) is 7.94. The van der Waals surface area contributed by atoms with E-state index in [9.17, 15) is 14.9 Å². The molecule has 0 atom stereocenters. The molecule has 0 aromatic heterocycles. The summed E-state index contributed by atoms with van der Waals surface area (Å²) >= 11 is 0. The van der Waals surface area contributed by atoms with Crippen LogP contribution in [-0.2, 0) is 4.74 Å². The SMILES string of the molecule is C#CC1CCN(c2ccc(C(=O)OC(C)(C)C)c([N+](=O)[O-])c2)CC1. The Balaban J connectivity index is 2.26. The molecule has 1 aliphatic heterocycles. The summed E-state index contributed by atoms with van der Waals surface area (Å²) in [4.78, 5) is 25.1. The highest BCUT2D eigenvalue weighted by Crippen LogP contribution is 2.30. The van der Waals surface area contributed by atoms with Gasteiger partial charge in [-0.2, -0.15) is 0 Å². The number of nitro groups is 1. The molecule has 2 rings (SSSR count). The fourth-order valence-electron chi connectivity index (χ4n) is 2.68. The molecule has 1 aliphatic rings. The minimum Gasteiger partial charge on any atom is -0.456 e. The number of terminal acetylenes is 1. The van der Waals surface area contributed by atoms with Crippen LogP contribution in [0.15, 0.2) is 18.2 Å². The molecule has 0 amide bonds. The van der Waals surface area contributed by atoms with Crippen LogP contribution in [0, 0.1) is 28.4 Å². The van der Waals surface area contributed by atoms with E-state index in [4.69, 9.17) is 11.2 Å². The van der Waals surface area contributed by atoms with Gasteiger partial charge in [0.2, 0.25) is 0 Å². The van der Waals surface area contributed by atoms with Gasteiger partial charge < -0.3 is 9.64 Å². The molecule has 0 aliphatic carbocycles. The summed E-state index contributed by atoms with van der Waals surface area (Å²) in [6.45, 7) is 6.66. The smallest absolute Gasteiger partial charge is 0.345 e. The third kappa shape index (κ3) is 4.25. The van der Waals surface area contributed by atoms with Gasteiger partial charge in [0, 0.05) is 30.8 Å².